The quantitative estimate of drug-likeness (QED) is 0.265. The highest BCUT2D eigenvalue weighted by Crippen LogP contribution is 2.45. The Balaban J connectivity index is 0.963. The van der Waals surface area contributed by atoms with Gasteiger partial charge in [-0.2, -0.15) is 0 Å². The third-order valence-corrected chi connectivity index (χ3v) is 12.1. The molecule has 3 aliphatic heterocycles. The molecule has 2 amide bonds. The highest BCUT2D eigenvalue weighted by atomic mass is 19.1. The Morgan fingerprint density at radius 1 is 0.926 bits per heavy atom. The number of ether oxygens (including phenoxy) is 2. The van der Waals surface area contributed by atoms with Gasteiger partial charge in [-0.15, -0.1) is 0 Å². The van der Waals surface area contributed by atoms with Gasteiger partial charge < -0.3 is 34.4 Å². The summed E-state index contributed by atoms with van der Waals surface area (Å²) in [5.74, 6) is 1.25. The fourth-order valence-corrected chi connectivity index (χ4v) is 9.24. The average molecular weight is 750 g/mol. The van der Waals surface area contributed by atoms with E-state index in [2.05, 4.69) is 25.1 Å². The second-order valence-electron chi connectivity index (χ2n) is 17.9. The minimum atomic E-state index is -0.483. The van der Waals surface area contributed by atoms with Crippen LogP contribution in [0.2, 0.25) is 0 Å². The van der Waals surface area contributed by atoms with Crippen molar-refractivity contribution >= 4 is 17.8 Å². The third-order valence-electron chi connectivity index (χ3n) is 12.1. The van der Waals surface area contributed by atoms with Gasteiger partial charge in [0.05, 0.1) is 11.8 Å². The summed E-state index contributed by atoms with van der Waals surface area (Å²) in [4.78, 5) is 43.5. The summed E-state index contributed by atoms with van der Waals surface area (Å²) in [6.07, 6.45) is 13.7. The van der Waals surface area contributed by atoms with Gasteiger partial charge in [-0.3, -0.25) is 4.79 Å². The first kappa shape index (κ1) is 40.2. The Bertz CT molecular complexity index is 1560. The van der Waals surface area contributed by atoms with Crippen LogP contribution in [0.5, 0.6) is 11.5 Å². The summed E-state index contributed by atoms with van der Waals surface area (Å²) in [6.45, 7) is 20.3. The first-order chi connectivity index (χ1) is 25.7. The van der Waals surface area contributed by atoms with E-state index in [1.807, 2.05) is 53.4 Å². The van der Waals surface area contributed by atoms with Crippen LogP contribution in [0.15, 0.2) is 30.7 Å². The second-order valence-corrected chi connectivity index (χ2v) is 17.9. The lowest BCUT2D eigenvalue weighted by atomic mass is 9.67. The molecule has 0 bridgehead atoms. The van der Waals surface area contributed by atoms with Crippen LogP contribution in [0.3, 0.4) is 0 Å². The molecular weight excluding hydrogens is 686 g/mol. The van der Waals surface area contributed by atoms with Crippen molar-refractivity contribution in [1.82, 2.24) is 30.0 Å². The lowest BCUT2D eigenvalue weighted by Gasteiger charge is -2.47. The van der Waals surface area contributed by atoms with Crippen molar-refractivity contribution in [1.29, 1.82) is 0 Å². The molecule has 1 saturated carbocycles. The van der Waals surface area contributed by atoms with E-state index in [1.165, 1.54) is 63.1 Å². The molecule has 11 nitrogen and oxygen atoms in total. The molecule has 1 N–H and O–H groups in total. The average Bonchev–Trinajstić information content (AvgIpc) is 3.59. The molecule has 1 spiro atoms. The number of aromatic nitrogens is 2. The maximum Gasteiger partial charge on any atom is 0.410 e. The molecule has 4 fully saturated rings. The Hall–Kier alpha value is -3.51. The number of carbonyl (C=O) groups is 2. The number of nitrogens with zero attached hydrogens (tertiary/aromatic N) is 6. The topological polar surface area (TPSA) is 103 Å². The van der Waals surface area contributed by atoms with E-state index < -0.39 is 11.4 Å². The molecule has 1 aliphatic carbocycles. The van der Waals surface area contributed by atoms with Gasteiger partial charge in [-0.1, -0.05) is 0 Å². The Morgan fingerprint density at radius 2 is 1.59 bits per heavy atom. The van der Waals surface area contributed by atoms with Crippen LogP contribution in [-0.4, -0.2) is 112 Å². The SMILES string of the molecule is CC(C)N(C(=O)c1cc(F)ccc1Oc1cncnc1N1CC[C@@H](CN2CCC3(CCC(NC4CCN(C(=O)OC(C)(C)C)CC4)CC3)CC2)C1)C(C)C. The fraction of sp³-hybridized carbons (Fsp3) is 0.714. The third kappa shape index (κ3) is 10.0. The Morgan fingerprint density at radius 3 is 2.24 bits per heavy atom. The number of nitrogens with one attached hydrogen (secondary N) is 1. The molecule has 2 aromatic rings. The number of halogens is 1. The minimum absolute atomic E-state index is 0.0529. The van der Waals surface area contributed by atoms with Crippen molar-refractivity contribution in [2.24, 2.45) is 11.3 Å². The van der Waals surface area contributed by atoms with Crippen LogP contribution in [0.25, 0.3) is 0 Å². The number of amides is 2. The second kappa shape index (κ2) is 17.1. The van der Waals surface area contributed by atoms with Crippen molar-refractivity contribution in [3.05, 3.63) is 42.1 Å². The van der Waals surface area contributed by atoms with Gasteiger partial charge in [0, 0.05) is 56.9 Å². The number of anilines is 1. The van der Waals surface area contributed by atoms with Gasteiger partial charge in [0.2, 0.25) is 0 Å². The summed E-state index contributed by atoms with van der Waals surface area (Å²) in [7, 11) is 0. The van der Waals surface area contributed by atoms with Crippen molar-refractivity contribution in [2.45, 2.75) is 136 Å². The molecule has 0 radical (unpaired) electrons. The monoisotopic (exact) mass is 750 g/mol. The largest absolute Gasteiger partial charge is 0.451 e. The van der Waals surface area contributed by atoms with Crippen molar-refractivity contribution < 1.29 is 23.5 Å². The van der Waals surface area contributed by atoms with Gasteiger partial charge in [0.1, 0.15) is 23.5 Å². The van der Waals surface area contributed by atoms with Crippen LogP contribution in [0.1, 0.15) is 117 Å². The molecular formula is C42H64FN7O4. The number of benzene rings is 1. The molecule has 1 aromatic heterocycles. The number of carbonyl (C=O) groups excluding carboxylic acids is 2. The molecule has 12 heteroatoms. The Labute approximate surface area is 322 Å². The van der Waals surface area contributed by atoms with Gasteiger partial charge in [0.25, 0.3) is 5.91 Å². The first-order valence-electron chi connectivity index (χ1n) is 20.5. The zero-order valence-corrected chi connectivity index (χ0v) is 33.8. The normalized spacial score (nSPS) is 21.6. The van der Waals surface area contributed by atoms with Gasteiger partial charge in [-0.05, 0) is 149 Å². The van der Waals surface area contributed by atoms with Crippen LogP contribution in [0.4, 0.5) is 15.0 Å². The van der Waals surface area contributed by atoms with E-state index in [0.29, 0.717) is 40.7 Å². The maximum atomic E-state index is 14.5. The summed E-state index contributed by atoms with van der Waals surface area (Å²) in [6, 6.07) is 5.06. The summed E-state index contributed by atoms with van der Waals surface area (Å²) in [5.41, 5.74) is 0.215. The molecule has 298 valence electrons. The number of hydrogen-bond acceptors (Lipinski definition) is 9. The van der Waals surface area contributed by atoms with Gasteiger partial charge in [0.15, 0.2) is 11.6 Å². The molecule has 4 aliphatic rings. The summed E-state index contributed by atoms with van der Waals surface area (Å²) < 4.78 is 26.4. The Kier molecular flexibility index (Phi) is 12.7. The van der Waals surface area contributed by atoms with E-state index in [-0.39, 0.29) is 29.6 Å². The van der Waals surface area contributed by atoms with Crippen LogP contribution >= 0.6 is 0 Å². The molecule has 0 unspecified atom stereocenters. The van der Waals surface area contributed by atoms with E-state index in [4.69, 9.17) is 9.47 Å². The highest BCUT2D eigenvalue weighted by molar-refractivity contribution is 5.97. The van der Waals surface area contributed by atoms with E-state index in [1.54, 1.807) is 11.1 Å². The van der Waals surface area contributed by atoms with Crippen LogP contribution in [-0.2, 0) is 4.74 Å². The first-order valence-corrected chi connectivity index (χ1v) is 20.5. The van der Waals surface area contributed by atoms with Crippen molar-refractivity contribution in [3.63, 3.8) is 0 Å². The van der Waals surface area contributed by atoms with Gasteiger partial charge in [-0.25, -0.2) is 19.2 Å². The van der Waals surface area contributed by atoms with E-state index >= 15 is 0 Å². The van der Waals surface area contributed by atoms with Gasteiger partial charge >= 0.3 is 6.09 Å². The van der Waals surface area contributed by atoms with E-state index in [9.17, 15) is 14.0 Å². The van der Waals surface area contributed by atoms with Crippen molar-refractivity contribution in [3.8, 4) is 11.5 Å². The number of likely N-dealkylation sites (tertiary alicyclic amines) is 2. The predicted octanol–water partition coefficient (Wildman–Crippen LogP) is 7.51. The summed E-state index contributed by atoms with van der Waals surface area (Å²) in [5, 5.41) is 3.96. The number of hydrogen-bond donors (Lipinski definition) is 1. The molecule has 3 saturated heterocycles. The van der Waals surface area contributed by atoms with Crippen molar-refractivity contribution in [2.75, 3.05) is 50.7 Å². The van der Waals surface area contributed by atoms with Crippen LogP contribution < -0.4 is 15.0 Å². The minimum Gasteiger partial charge on any atom is -0.451 e. The summed E-state index contributed by atoms with van der Waals surface area (Å²) >= 11 is 0. The zero-order valence-electron chi connectivity index (χ0n) is 33.8. The maximum absolute atomic E-state index is 14.5. The standard InChI is InChI=1S/C42H64FN7O4/c1-29(2)50(30(3)4)39(51)35-24-32(43)8-9-36(35)53-37-25-44-28-45-38(37)49-19-12-31(27-49)26-47-22-17-42(18-23-47)15-10-33(11-16-42)46-34-13-20-48(21-14-34)40(52)54-41(5,6)7/h8-9,24-25,28-31,33-34,46H,10-23,26-27H2,1-7H3/t31-/m0/s1. The molecule has 4 heterocycles. The highest BCUT2D eigenvalue weighted by Gasteiger charge is 2.40. The molecule has 6 rings (SSSR count). The molecule has 1 aromatic carbocycles. The lowest BCUT2D eigenvalue weighted by molar-refractivity contribution is 0.0184. The van der Waals surface area contributed by atoms with Crippen LogP contribution in [0, 0.1) is 17.2 Å². The molecule has 1 atom stereocenters. The fourth-order valence-electron chi connectivity index (χ4n) is 9.24. The number of rotatable bonds is 10. The smallest absolute Gasteiger partial charge is 0.410 e. The van der Waals surface area contributed by atoms with E-state index in [0.717, 1.165) is 65.1 Å². The lowest BCUT2D eigenvalue weighted by Crippen LogP contribution is -2.51. The number of piperidine rings is 2. The zero-order chi connectivity index (χ0) is 38.6. The predicted molar refractivity (Wildman–Crippen MR) is 210 cm³/mol. The molecule has 54 heavy (non-hydrogen) atoms.